The molecule has 0 aliphatic heterocycles. The van der Waals surface area contributed by atoms with Crippen molar-refractivity contribution in [3.05, 3.63) is 22.8 Å². The molecule has 1 aliphatic rings. The highest BCUT2D eigenvalue weighted by molar-refractivity contribution is 6.30. The standard InChI is InChI=1S/C7H9ClO/c8-7-4-2-1-3-6(7)5-9/h1,3,9H,2,4-5H2. The van der Waals surface area contributed by atoms with Crippen LogP contribution in [0.15, 0.2) is 22.8 Å². The normalized spacial score (nSPS) is 18.9. The molecule has 0 saturated heterocycles. The van der Waals surface area contributed by atoms with E-state index < -0.39 is 0 Å². The fraction of sp³-hybridized carbons (Fsp3) is 0.429. The molecule has 2 heteroatoms. The van der Waals surface area contributed by atoms with Crippen LogP contribution < -0.4 is 0 Å². The average molecular weight is 145 g/mol. The van der Waals surface area contributed by atoms with Crippen molar-refractivity contribution in [1.82, 2.24) is 0 Å². The maximum atomic E-state index is 8.67. The summed E-state index contributed by atoms with van der Waals surface area (Å²) in [5.74, 6) is 0. The molecular weight excluding hydrogens is 136 g/mol. The minimum absolute atomic E-state index is 0.0648. The second-order valence-electron chi connectivity index (χ2n) is 2.03. The van der Waals surface area contributed by atoms with Gasteiger partial charge in [-0.25, -0.2) is 0 Å². The van der Waals surface area contributed by atoms with Crippen molar-refractivity contribution in [2.45, 2.75) is 12.8 Å². The third-order valence-corrected chi connectivity index (χ3v) is 1.80. The van der Waals surface area contributed by atoms with E-state index in [2.05, 4.69) is 0 Å². The molecule has 0 bridgehead atoms. The SMILES string of the molecule is OCC1=C(Cl)CCC=C1. The zero-order chi connectivity index (χ0) is 6.69. The first kappa shape index (κ1) is 6.84. The summed E-state index contributed by atoms with van der Waals surface area (Å²) >= 11 is 5.75. The third kappa shape index (κ3) is 1.57. The van der Waals surface area contributed by atoms with Gasteiger partial charge in [0.25, 0.3) is 0 Å². The van der Waals surface area contributed by atoms with Gasteiger partial charge < -0.3 is 5.11 Å². The maximum absolute atomic E-state index is 8.67. The molecule has 1 rings (SSSR count). The minimum Gasteiger partial charge on any atom is -0.392 e. The zero-order valence-electron chi connectivity index (χ0n) is 5.10. The van der Waals surface area contributed by atoms with Gasteiger partial charge in [0.05, 0.1) is 6.61 Å². The molecule has 0 atom stereocenters. The van der Waals surface area contributed by atoms with Crippen LogP contribution in [0.1, 0.15) is 12.8 Å². The Morgan fingerprint density at radius 3 is 2.89 bits per heavy atom. The maximum Gasteiger partial charge on any atom is 0.0693 e. The second-order valence-corrected chi connectivity index (χ2v) is 2.49. The summed E-state index contributed by atoms with van der Waals surface area (Å²) in [5, 5.41) is 9.47. The van der Waals surface area contributed by atoms with Crippen LogP contribution in [0.3, 0.4) is 0 Å². The summed E-state index contributed by atoms with van der Waals surface area (Å²) in [6.45, 7) is 0.0648. The molecule has 1 aliphatic carbocycles. The van der Waals surface area contributed by atoms with E-state index in [1.807, 2.05) is 12.2 Å². The van der Waals surface area contributed by atoms with Gasteiger partial charge >= 0.3 is 0 Å². The molecule has 0 aromatic rings. The van der Waals surface area contributed by atoms with Crippen molar-refractivity contribution in [3.8, 4) is 0 Å². The van der Waals surface area contributed by atoms with E-state index in [1.165, 1.54) is 0 Å². The number of rotatable bonds is 1. The van der Waals surface area contributed by atoms with Crippen LogP contribution in [0.2, 0.25) is 0 Å². The molecule has 0 spiro atoms. The van der Waals surface area contributed by atoms with Gasteiger partial charge in [0.2, 0.25) is 0 Å². The summed E-state index contributed by atoms with van der Waals surface area (Å²) in [4.78, 5) is 0. The zero-order valence-corrected chi connectivity index (χ0v) is 5.86. The van der Waals surface area contributed by atoms with E-state index >= 15 is 0 Å². The molecule has 0 radical (unpaired) electrons. The summed E-state index contributed by atoms with van der Waals surface area (Å²) in [7, 11) is 0. The number of aliphatic hydroxyl groups excluding tert-OH is 1. The molecule has 0 heterocycles. The quantitative estimate of drug-likeness (QED) is 0.595. The lowest BCUT2D eigenvalue weighted by atomic mass is 10.1. The van der Waals surface area contributed by atoms with Gasteiger partial charge in [-0.2, -0.15) is 0 Å². The van der Waals surface area contributed by atoms with E-state index in [9.17, 15) is 0 Å². The van der Waals surface area contributed by atoms with Gasteiger partial charge in [0.1, 0.15) is 0 Å². The first-order chi connectivity index (χ1) is 4.34. The molecule has 0 aromatic carbocycles. The fourth-order valence-corrected chi connectivity index (χ4v) is 1.06. The Morgan fingerprint density at radius 1 is 1.67 bits per heavy atom. The van der Waals surface area contributed by atoms with Gasteiger partial charge in [0, 0.05) is 5.03 Å². The third-order valence-electron chi connectivity index (χ3n) is 1.37. The molecule has 0 saturated carbocycles. The second kappa shape index (κ2) is 3.04. The van der Waals surface area contributed by atoms with Crippen molar-refractivity contribution >= 4 is 11.6 Å². The summed E-state index contributed by atoms with van der Waals surface area (Å²) < 4.78 is 0. The molecule has 50 valence electrons. The molecule has 0 fully saturated rings. The van der Waals surface area contributed by atoms with E-state index in [0.29, 0.717) is 0 Å². The Balaban J connectivity index is 2.72. The predicted octanol–water partition coefficient (Wildman–Crippen LogP) is 1.82. The molecule has 0 amide bonds. The van der Waals surface area contributed by atoms with Gasteiger partial charge in [-0.05, 0) is 18.4 Å². The number of aliphatic hydroxyl groups is 1. The Morgan fingerprint density at radius 2 is 2.44 bits per heavy atom. The molecule has 0 aromatic heterocycles. The van der Waals surface area contributed by atoms with Crippen LogP contribution in [0.5, 0.6) is 0 Å². The van der Waals surface area contributed by atoms with Gasteiger partial charge in [-0.1, -0.05) is 23.8 Å². The van der Waals surface area contributed by atoms with Gasteiger partial charge in [-0.15, -0.1) is 0 Å². The van der Waals surface area contributed by atoms with Crippen LogP contribution in [-0.4, -0.2) is 11.7 Å². The van der Waals surface area contributed by atoms with E-state index in [1.54, 1.807) is 0 Å². The number of allylic oxidation sites excluding steroid dienone is 2. The van der Waals surface area contributed by atoms with E-state index in [4.69, 9.17) is 16.7 Å². The van der Waals surface area contributed by atoms with Crippen LogP contribution in [0, 0.1) is 0 Å². The number of hydrogen-bond donors (Lipinski definition) is 1. The van der Waals surface area contributed by atoms with Crippen molar-refractivity contribution < 1.29 is 5.11 Å². The summed E-state index contributed by atoms with van der Waals surface area (Å²) in [6.07, 6.45) is 5.79. The highest BCUT2D eigenvalue weighted by atomic mass is 35.5. The smallest absolute Gasteiger partial charge is 0.0693 e. The van der Waals surface area contributed by atoms with Crippen LogP contribution in [0.25, 0.3) is 0 Å². The Labute approximate surface area is 59.6 Å². The lowest BCUT2D eigenvalue weighted by molar-refractivity contribution is 0.333. The first-order valence-electron chi connectivity index (χ1n) is 2.99. The number of halogens is 1. The Hall–Kier alpha value is -0.270. The lowest BCUT2D eigenvalue weighted by Gasteiger charge is -2.06. The fourth-order valence-electron chi connectivity index (χ4n) is 0.825. The lowest BCUT2D eigenvalue weighted by Crippen LogP contribution is -1.93. The topological polar surface area (TPSA) is 20.2 Å². The average Bonchev–Trinajstić information content (AvgIpc) is 1.89. The molecule has 9 heavy (non-hydrogen) atoms. The molecule has 1 nitrogen and oxygen atoms in total. The van der Waals surface area contributed by atoms with Crippen LogP contribution in [-0.2, 0) is 0 Å². The van der Waals surface area contributed by atoms with Crippen molar-refractivity contribution in [2.75, 3.05) is 6.61 Å². The monoisotopic (exact) mass is 144 g/mol. The van der Waals surface area contributed by atoms with E-state index in [-0.39, 0.29) is 6.61 Å². The molecule has 0 unspecified atom stereocenters. The van der Waals surface area contributed by atoms with Crippen molar-refractivity contribution in [3.63, 3.8) is 0 Å². The molecule has 1 N–H and O–H groups in total. The summed E-state index contributed by atoms with van der Waals surface area (Å²) in [6, 6.07) is 0. The largest absolute Gasteiger partial charge is 0.392 e. The van der Waals surface area contributed by atoms with Crippen LogP contribution >= 0.6 is 11.6 Å². The van der Waals surface area contributed by atoms with Crippen LogP contribution in [0.4, 0.5) is 0 Å². The first-order valence-corrected chi connectivity index (χ1v) is 3.37. The highest BCUT2D eigenvalue weighted by Crippen LogP contribution is 2.21. The molecular formula is C7H9ClO. The minimum atomic E-state index is 0.0648. The predicted molar refractivity (Wildman–Crippen MR) is 38.3 cm³/mol. The van der Waals surface area contributed by atoms with Crippen molar-refractivity contribution in [2.24, 2.45) is 0 Å². The number of hydrogen-bond acceptors (Lipinski definition) is 1. The highest BCUT2D eigenvalue weighted by Gasteiger charge is 2.02. The Kier molecular flexibility index (Phi) is 2.31. The van der Waals surface area contributed by atoms with Gasteiger partial charge in [-0.3, -0.25) is 0 Å². The van der Waals surface area contributed by atoms with Gasteiger partial charge in [0.15, 0.2) is 0 Å². The van der Waals surface area contributed by atoms with E-state index in [0.717, 1.165) is 23.4 Å². The Bertz CT molecular complexity index is 158. The van der Waals surface area contributed by atoms with Crippen molar-refractivity contribution in [1.29, 1.82) is 0 Å². The summed E-state index contributed by atoms with van der Waals surface area (Å²) in [5.41, 5.74) is 0.864.